The first kappa shape index (κ1) is 12.9. The van der Waals surface area contributed by atoms with Gasteiger partial charge in [0.2, 0.25) is 0 Å². The number of fused-ring (bicyclic) bond motifs is 1. The van der Waals surface area contributed by atoms with Gasteiger partial charge in [0.05, 0.1) is 0 Å². The molecular weight excluding hydrogens is 250 g/mol. The van der Waals surface area contributed by atoms with Crippen molar-refractivity contribution in [1.29, 1.82) is 0 Å². The highest BCUT2D eigenvalue weighted by Crippen LogP contribution is 2.33. The fraction of sp³-hybridized carbons (Fsp3) is 0.412. The molecule has 1 N–H and O–H groups in total. The van der Waals surface area contributed by atoms with Crippen LogP contribution in [0.2, 0.25) is 0 Å². The maximum atomic E-state index is 3.77. The van der Waals surface area contributed by atoms with Crippen molar-refractivity contribution >= 4 is 11.3 Å². The predicted octanol–water partition coefficient (Wildman–Crippen LogP) is 4.53. The number of thiophene rings is 1. The Bertz CT molecular complexity index is 550. The first-order chi connectivity index (χ1) is 9.25. The number of aryl methyl sites for hydroxylation is 3. The van der Waals surface area contributed by atoms with Crippen molar-refractivity contribution in [2.24, 2.45) is 0 Å². The highest BCUT2D eigenvalue weighted by Gasteiger charge is 2.20. The third-order valence-corrected chi connectivity index (χ3v) is 5.22. The summed E-state index contributed by atoms with van der Waals surface area (Å²) in [5.41, 5.74) is 5.80. The van der Waals surface area contributed by atoms with Crippen LogP contribution in [0.1, 0.15) is 46.0 Å². The van der Waals surface area contributed by atoms with Gasteiger partial charge in [-0.1, -0.05) is 18.2 Å². The van der Waals surface area contributed by atoms with Crippen molar-refractivity contribution in [3.63, 3.8) is 0 Å². The van der Waals surface area contributed by atoms with E-state index in [2.05, 4.69) is 48.8 Å². The van der Waals surface area contributed by atoms with Crippen molar-refractivity contribution in [3.05, 3.63) is 56.8 Å². The summed E-state index contributed by atoms with van der Waals surface area (Å²) in [5, 5.41) is 6.01. The molecular formula is C17H21NS. The van der Waals surface area contributed by atoms with Gasteiger partial charge in [0.15, 0.2) is 0 Å². The van der Waals surface area contributed by atoms with E-state index in [0.717, 1.165) is 6.54 Å². The van der Waals surface area contributed by atoms with Gasteiger partial charge in [-0.2, -0.15) is 0 Å². The molecule has 1 unspecified atom stereocenters. The molecule has 0 bridgehead atoms. The zero-order valence-corrected chi connectivity index (χ0v) is 12.5. The van der Waals surface area contributed by atoms with Crippen LogP contribution in [-0.4, -0.2) is 0 Å². The molecule has 1 atom stereocenters. The molecule has 0 saturated carbocycles. The molecule has 1 aliphatic rings. The largest absolute Gasteiger partial charge is 0.306 e. The SMILES string of the molecule is Cc1cccc(C)c1CNC1CCCc2sccc21. The number of nitrogens with one attached hydrogen (secondary N) is 1. The molecule has 0 saturated heterocycles. The van der Waals surface area contributed by atoms with Gasteiger partial charge in [0.1, 0.15) is 0 Å². The summed E-state index contributed by atoms with van der Waals surface area (Å²) in [6, 6.07) is 9.42. The van der Waals surface area contributed by atoms with Gasteiger partial charge in [-0.25, -0.2) is 0 Å². The average Bonchev–Trinajstić information content (AvgIpc) is 2.87. The first-order valence-corrected chi connectivity index (χ1v) is 7.98. The van der Waals surface area contributed by atoms with Crippen molar-refractivity contribution in [2.75, 3.05) is 0 Å². The van der Waals surface area contributed by atoms with E-state index in [1.165, 1.54) is 36.0 Å². The maximum Gasteiger partial charge on any atom is 0.0334 e. The van der Waals surface area contributed by atoms with Crippen LogP contribution in [0.15, 0.2) is 29.6 Å². The van der Waals surface area contributed by atoms with Gasteiger partial charge in [0, 0.05) is 17.5 Å². The minimum atomic E-state index is 0.550. The Kier molecular flexibility index (Phi) is 3.72. The Morgan fingerprint density at radius 1 is 1.21 bits per heavy atom. The third-order valence-electron chi connectivity index (χ3n) is 4.22. The van der Waals surface area contributed by atoms with Crippen LogP contribution >= 0.6 is 11.3 Å². The number of hydrogen-bond donors (Lipinski definition) is 1. The third kappa shape index (κ3) is 2.60. The molecule has 0 radical (unpaired) electrons. The lowest BCUT2D eigenvalue weighted by Crippen LogP contribution is -2.24. The molecule has 100 valence electrons. The molecule has 1 heterocycles. The molecule has 1 aromatic heterocycles. The van der Waals surface area contributed by atoms with Gasteiger partial charge in [0.25, 0.3) is 0 Å². The average molecular weight is 271 g/mol. The van der Waals surface area contributed by atoms with E-state index in [4.69, 9.17) is 0 Å². The van der Waals surface area contributed by atoms with Gasteiger partial charge < -0.3 is 5.32 Å². The van der Waals surface area contributed by atoms with Crippen molar-refractivity contribution < 1.29 is 0 Å². The molecule has 1 aliphatic carbocycles. The second-order valence-corrected chi connectivity index (χ2v) is 6.50. The molecule has 0 spiro atoms. The quantitative estimate of drug-likeness (QED) is 0.864. The van der Waals surface area contributed by atoms with E-state index in [1.54, 1.807) is 10.4 Å². The van der Waals surface area contributed by atoms with Crippen LogP contribution in [0.5, 0.6) is 0 Å². The normalized spacial score (nSPS) is 18.3. The minimum absolute atomic E-state index is 0.550. The molecule has 1 nitrogen and oxygen atoms in total. The van der Waals surface area contributed by atoms with Gasteiger partial charge in [-0.05, 0) is 66.8 Å². The van der Waals surface area contributed by atoms with Crippen LogP contribution in [0.25, 0.3) is 0 Å². The van der Waals surface area contributed by atoms with E-state index in [9.17, 15) is 0 Å². The second kappa shape index (κ2) is 5.48. The number of hydrogen-bond acceptors (Lipinski definition) is 2. The van der Waals surface area contributed by atoms with E-state index in [1.807, 2.05) is 11.3 Å². The van der Waals surface area contributed by atoms with Gasteiger partial charge in [-0.3, -0.25) is 0 Å². The van der Waals surface area contributed by atoms with Crippen LogP contribution in [0, 0.1) is 13.8 Å². The molecule has 3 rings (SSSR count). The fourth-order valence-electron chi connectivity index (χ4n) is 3.05. The summed E-state index contributed by atoms with van der Waals surface area (Å²) in [6.45, 7) is 5.40. The van der Waals surface area contributed by atoms with Crippen LogP contribution in [0.3, 0.4) is 0 Å². The lowest BCUT2D eigenvalue weighted by atomic mass is 9.93. The first-order valence-electron chi connectivity index (χ1n) is 7.10. The van der Waals surface area contributed by atoms with Crippen LogP contribution in [-0.2, 0) is 13.0 Å². The number of rotatable bonds is 3. The predicted molar refractivity (Wildman–Crippen MR) is 82.8 cm³/mol. The standard InChI is InChI=1S/C17H21NS/c1-12-5-3-6-13(2)15(12)11-18-16-7-4-8-17-14(16)9-10-19-17/h3,5-6,9-10,16,18H,4,7-8,11H2,1-2H3. The van der Waals surface area contributed by atoms with E-state index < -0.39 is 0 Å². The zero-order chi connectivity index (χ0) is 13.2. The van der Waals surface area contributed by atoms with E-state index >= 15 is 0 Å². The zero-order valence-electron chi connectivity index (χ0n) is 11.7. The Hall–Kier alpha value is -1.12. The molecule has 2 heteroatoms. The van der Waals surface area contributed by atoms with E-state index in [-0.39, 0.29) is 0 Å². The Labute approximate surface area is 119 Å². The summed E-state index contributed by atoms with van der Waals surface area (Å²) in [6.07, 6.45) is 3.86. The highest BCUT2D eigenvalue weighted by molar-refractivity contribution is 7.10. The van der Waals surface area contributed by atoms with Crippen molar-refractivity contribution in [2.45, 2.75) is 45.7 Å². The molecule has 0 amide bonds. The summed E-state index contributed by atoms with van der Waals surface area (Å²) in [5.74, 6) is 0. The Morgan fingerprint density at radius 2 is 2.00 bits per heavy atom. The second-order valence-electron chi connectivity index (χ2n) is 5.50. The molecule has 1 aromatic carbocycles. The van der Waals surface area contributed by atoms with Crippen LogP contribution in [0.4, 0.5) is 0 Å². The topological polar surface area (TPSA) is 12.0 Å². The minimum Gasteiger partial charge on any atom is -0.306 e. The lowest BCUT2D eigenvalue weighted by molar-refractivity contribution is 0.462. The molecule has 0 aliphatic heterocycles. The van der Waals surface area contributed by atoms with E-state index in [0.29, 0.717) is 6.04 Å². The highest BCUT2D eigenvalue weighted by atomic mass is 32.1. The van der Waals surface area contributed by atoms with Crippen LogP contribution < -0.4 is 5.32 Å². The summed E-state index contributed by atoms with van der Waals surface area (Å²) in [7, 11) is 0. The molecule has 0 fully saturated rings. The van der Waals surface area contributed by atoms with Crippen molar-refractivity contribution in [3.8, 4) is 0 Å². The fourth-order valence-corrected chi connectivity index (χ4v) is 4.04. The lowest BCUT2D eigenvalue weighted by Gasteiger charge is -2.24. The van der Waals surface area contributed by atoms with Crippen molar-refractivity contribution in [1.82, 2.24) is 5.32 Å². The summed E-state index contributed by atoms with van der Waals surface area (Å²) in [4.78, 5) is 1.59. The monoisotopic (exact) mass is 271 g/mol. The number of benzene rings is 1. The molecule has 2 aromatic rings. The van der Waals surface area contributed by atoms with Gasteiger partial charge in [-0.15, -0.1) is 11.3 Å². The molecule has 19 heavy (non-hydrogen) atoms. The smallest absolute Gasteiger partial charge is 0.0334 e. The Morgan fingerprint density at radius 3 is 2.79 bits per heavy atom. The van der Waals surface area contributed by atoms with Gasteiger partial charge >= 0.3 is 0 Å². The summed E-state index contributed by atoms with van der Waals surface area (Å²) >= 11 is 1.92. The maximum absolute atomic E-state index is 3.77. The summed E-state index contributed by atoms with van der Waals surface area (Å²) < 4.78 is 0. The Balaban J connectivity index is 1.74.